The van der Waals surface area contributed by atoms with Gasteiger partial charge in [-0.15, -0.1) is 0 Å². The Hall–Kier alpha value is -2.62. The molecule has 0 radical (unpaired) electrons. The number of carbonyl (C=O) groups is 2. The Morgan fingerprint density at radius 1 is 1.04 bits per heavy atom. The van der Waals surface area contributed by atoms with Crippen LogP contribution in [-0.4, -0.2) is 23.3 Å². The summed E-state index contributed by atoms with van der Waals surface area (Å²) < 4.78 is 0. The predicted octanol–water partition coefficient (Wildman–Crippen LogP) is 3.22. The Balaban J connectivity index is 1.91. The van der Waals surface area contributed by atoms with E-state index in [1.165, 1.54) is 0 Å². The summed E-state index contributed by atoms with van der Waals surface area (Å²) in [6, 6.07) is 14.8. The highest BCUT2D eigenvalue weighted by molar-refractivity contribution is 5.99. The number of likely N-dealkylation sites (tertiary alicyclic amines) is 1. The van der Waals surface area contributed by atoms with Gasteiger partial charge in [0.2, 0.25) is 5.91 Å². The van der Waals surface area contributed by atoms with Crippen LogP contribution in [0.25, 0.3) is 0 Å². The van der Waals surface area contributed by atoms with Crippen molar-refractivity contribution in [1.29, 1.82) is 0 Å². The fourth-order valence-electron chi connectivity index (χ4n) is 2.92. The van der Waals surface area contributed by atoms with E-state index in [0.29, 0.717) is 13.0 Å². The van der Waals surface area contributed by atoms with Crippen molar-refractivity contribution in [3.63, 3.8) is 0 Å². The average Bonchev–Trinajstić information content (AvgIpc) is 2.55. The highest BCUT2D eigenvalue weighted by atomic mass is 16.2. The molecular weight excluding hydrogens is 288 g/mol. The maximum absolute atomic E-state index is 12.9. The van der Waals surface area contributed by atoms with E-state index >= 15 is 0 Å². The van der Waals surface area contributed by atoms with Gasteiger partial charge in [0.05, 0.1) is 0 Å². The molecule has 0 unspecified atom stereocenters. The van der Waals surface area contributed by atoms with Gasteiger partial charge < -0.3 is 10.2 Å². The first-order chi connectivity index (χ1) is 11.1. The molecule has 4 heteroatoms. The maximum Gasteiger partial charge on any atom is 0.251 e. The topological polar surface area (TPSA) is 49.4 Å². The van der Waals surface area contributed by atoms with E-state index in [4.69, 9.17) is 0 Å². The van der Waals surface area contributed by atoms with E-state index in [0.717, 1.165) is 22.4 Å². The average molecular weight is 308 g/mol. The van der Waals surface area contributed by atoms with E-state index in [2.05, 4.69) is 5.32 Å². The number of nitrogens with one attached hydrogen (secondary N) is 1. The van der Waals surface area contributed by atoms with Gasteiger partial charge in [0.25, 0.3) is 5.91 Å². The quantitative estimate of drug-likeness (QED) is 0.882. The minimum atomic E-state index is -0.573. The van der Waals surface area contributed by atoms with E-state index < -0.39 is 6.04 Å². The molecule has 1 aliphatic heterocycles. The van der Waals surface area contributed by atoms with Crippen molar-refractivity contribution in [2.24, 2.45) is 0 Å². The Labute approximate surface area is 136 Å². The molecule has 2 amide bonds. The number of nitrogens with zero attached hydrogens (tertiary/aromatic N) is 1. The van der Waals surface area contributed by atoms with Crippen LogP contribution in [0, 0.1) is 13.8 Å². The fraction of sp³-hybridized carbons (Fsp3) is 0.263. The smallest absolute Gasteiger partial charge is 0.251 e. The lowest BCUT2D eigenvalue weighted by Crippen LogP contribution is -2.49. The van der Waals surface area contributed by atoms with Crippen LogP contribution in [0.4, 0.5) is 5.69 Å². The van der Waals surface area contributed by atoms with Crippen molar-refractivity contribution < 1.29 is 9.59 Å². The summed E-state index contributed by atoms with van der Waals surface area (Å²) in [5, 5.41) is 3.01. The number of β-lactam (4-membered cyclic amide) rings is 1. The fourth-order valence-corrected chi connectivity index (χ4v) is 2.92. The van der Waals surface area contributed by atoms with E-state index in [1.807, 2.05) is 62.4 Å². The lowest BCUT2D eigenvalue weighted by Gasteiger charge is -2.37. The molecule has 0 saturated carbocycles. The highest BCUT2D eigenvalue weighted by Crippen LogP contribution is 2.29. The summed E-state index contributed by atoms with van der Waals surface area (Å²) in [5.74, 6) is -0.142. The largest absolute Gasteiger partial charge is 0.326 e. The molecule has 3 rings (SSSR count). The molecule has 0 bridgehead atoms. The molecule has 1 aliphatic rings. The minimum Gasteiger partial charge on any atom is -0.326 e. The molecule has 1 heterocycles. The first-order valence-corrected chi connectivity index (χ1v) is 7.79. The third-order valence-corrected chi connectivity index (χ3v) is 4.29. The molecule has 4 nitrogen and oxygen atoms in total. The molecule has 0 spiro atoms. The number of benzene rings is 2. The van der Waals surface area contributed by atoms with Gasteiger partial charge in [-0.2, -0.15) is 0 Å². The molecule has 2 aromatic rings. The summed E-state index contributed by atoms with van der Waals surface area (Å²) in [4.78, 5) is 26.4. The minimum absolute atomic E-state index is 0.0236. The van der Waals surface area contributed by atoms with Gasteiger partial charge in [-0.25, -0.2) is 0 Å². The monoisotopic (exact) mass is 308 g/mol. The number of hydrogen-bond acceptors (Lipinski definition) is 2. The summed E-state index contributed by atoms with van der Waals surface area (Å²) in [5.41, 5.74) is 3.69. The predicted molar refractivity (Wildman–Crippen MR) is 90.1 cm³/mol. The first kappa shape index (κ1) is 15.3. The number of anilines is 1. The standard InChI is InChI=1S/C19H20N2O2/c1-13-7-6-8-14(2)17(13)20-19(23)18(21-12-11-16(21)22)15-9-4-3-5-10-15/h3-10,18H,11-12H2,1-2H3,(H,20,23)/t18-/m0/s1. The Morgan fingerprint density at radius 2 is 1.70 bits per heavy atom. The van der Waals surface area contributed by atoms with Crippen LogP contribution in [0.1, 0.15) is 29.2 Å². The van der Waals surface area contributed by atoms with Gasteiger partial charge >= 0.3 is 0 Å². The SMILES string of the molecule is Cc1cccc(C)c1NC(=O)[C@H](c1ccccc1)N1CCC1=O. The molecule has 0 aromatic heterocycles. The van der Waals surface area contributed by atoms with Crippen LogP contribution in [0.2, 0.25) is 0 Å². The van der Waals surface area contributed by atoms with Gasteiger partial charge in [0.15, 0.2) is 0 Å². The lowest BCUT2D eigenvalue weighted by molar-refractivity contribution is -0.147. The number of para-hydroxylation sites is 1. The molecule has 0 aliphatic carbocycles. The van der Waals surface area contributed by atoms with Crippen molar-refractivity contribution in [2.45, 2.75) is 26.3 Å². The van der Waals surface area contributed by atoms with Gasteiger partial charge in [0.1, 0.15) is 6.04 Å². The lowest BCUT2D eigenvalue weighted by atomic mass is 9.99. The molecular formula is C19H20N2O2. The molecule has 2 aromatic carbocycles. The summed E-state index contributed by atoms with van der Waals surface area (Å²) in [7, 11) is 0. The zero-order valence-corrected chi connectivity index (χ0v) is 13.4. The molecule has 1 saturated heterocycles. The van der Waals surface area contributed by atoms with Crippen LogP contribution < -0.4 is 5.32 Å². The zero-order chi connectivity index (χ0) is 16.4. The van der Waals surface area contributed by atoms with Gasteiger partial charge in [-0.05, 0) is 30.5 Å². The zero-order valence-electron chi connectivity index (χ0n) is 13.4. The second-order valence-corrected chi connectivity index (χ2v) is 5.91. The van der Waals surface area contributed by atoms with Crippen molar-refractivity contribution >= 4 is 17.5 Å². The highest BCUT2D eigenvalue weighted by Gasteiger charge is 2.36. The second-order valence-electron chi connectivity index (χ2n) is 5.91. The maximum atomic E-state index is 12.9. The summed E-state index contributed by atoms with van der Waals surface area (Å²) >= 11 is 0. The van der Waals surface area contributed by atoms with E-state index in [1.54, 1.807) is 4.90 Å². The molecule has 23 heavy (non-hydrogen) atoms. The first-order valence-electron chi connectivity index (χ1n) is 7.79. The van der Waals surface area contributed by atoms with Gasteiger partial charge in [-0.1, -0.05) is 48.5 Å². The van der Waals surface area contributed by atoms with Crippen molar-refractivity contribution in [1.82, 2.24) is 4.90 Å². The van der Waals surface area contributed by atoms with Crippen LogP contribution >= 0.6 is 0 Å². The molecule has 1 atom stereocenters. The van der Waals surface area contributed by atoms with E-state index in [-0.39, 0.29) is 11.8 Å². The number of carbonyl (C=O) groups excluding carboxylic acids is 2. The molecule has 1 N–H and O–H groups in total. The Kier molecular flexibility index (Phi) is 4.15. The van der Waals surface area contributed by atoms with Crippen molar-refractivity contribution in [3.05, 3.63) is 65.2 Å². The van der Waals surface area contributed by atoms with Crippen LogP contribution in [-0.2, 0) is 9.59 Å². The van der Waals surface area contributed by atoms with Gasteiger partial charge in [0, 0.05) is 18.7 Å². The summed E-state index contributed by atoms with van der Waals surface area (Å²) in [6.07, 6.45) is 0.514. The Morgan fingerprint density at radius 3 is 2.22 bits per heavy atom. The number of hydrogen-bond donors (Lipinski definition) is 1. The second kappa shape index (κ2) is 6.24. The van der Waals surface area contributed by atoms with Crippen molar-refractivity contribution in [3.8, 4) is 0 Å². The van der Waals surface area contributed by atoms with Crippen LogP contribution in [0.5, 0.6) is 0 Å². The number of aryl methyl sites for hydroxylation is 2. The van der Waals surface area contributed by atoms with Crippen LogP contribution in [0.15, 0.2) is 48.5 Å². The third kappa shape index (κ3) is 2.97. The molecule has 118 valence electrons. The third-order valence-electron chi connectivity index (χ3n) is 4.29. The number of rotatable bonds is 4. The van der Waals surface area contributed by atoms with Crippen molar-refractivity contribution in [2.75, 3.05) is 11.9 Å². The summed E-state index contributed by atoms with van der Waals surface area (Å²) in [6.45, 7) is 4.56. The Bertz CT molecular complexity index is 720. The molecule has 1 fully saturated rings. The van der Waals surface area contributed by atoms with E-state index in [9.17, 15) is 9.59 Å². The van der Waals surface area contributed by atoms with Gasteiger partial charge in [-0.3, -0.25) is 9.59 Å². The number of amides is 2. The normalized spacial score (nSPS) is 15.0. The van der Waals surface area contributed by atoms with Crippen LogP contribution in [0.3, 0.4) is 0 Å².